The molecule has 0 N–H and O–H groups in total. The molecule has 1 aromatic heterocycles. The molecule has 0 saturated heterocycles. The molecule has 4 saturated carbocycles. The van der Waals surface area contributed by atoms with Crippen LogP contribution in [0.1, 0.15) is 24.9 Å². The molecule has 2 bridgehead atoms. The van der Waals surface area contributed by atoms with Crippen LogP contribution in [0.2, 0.25) is 0 Å². The number of aromatic nitrogens is 3. The highest BCUT2D eigenvalue weighted by atomic mass is 16.2. The molecule has 5 heteroatoms. The molecule has 5 nitrogen and oxygen atoms in total. The lowest BCUT2D eigenvalue weighted by Crippen LogP contribution is -2.53. The Bertz CT molecular complexity index is 1090. The van der Waals surface area contributed by atoms with Gasteiger partial charge in [-0.2, -0.15) is 0 Å². The number of benzene rings is 1. The Morgan fingerprint density at radius 1 is 0.800 bits per heavy atom. The fourth-order valence-electron chi connectivity index (χ4n) is 8.62. The van der Waals surface area contributed by atoms with Gasteiger partial charge in [0.05, 0.1) is 17.8 Å². The van der Waals surface area contributed by atoms with Crippen LogP contribution in [0.25, 0.3) is 5.69 Å². The normalized spacial score (nSPS) is 50.6. The van der Waals surface area contributed by atoms with Crippen LogP contribution >= 0.6 is 0 Å². The minimum absolute atomic E-state index is 0.125. The summed E-state index contributed by atoms with van der Waals surface area (Å²) in [6.45, 7) is 0. The van der Waals surface area contributed by atoms with E-state index in [1.165, 1.54) is 4.57 Å². The Morgan fingerprint density at radius 2 is 1.36 bits per heavy atom. The summed E-state index contributed by atoms with van der Waals surface area (Å²) in [6, 6.07) is 9.91. The molecule has 3 heterocycles. The number of nitrogens with zero attached hydrogens (tertiary/aromatic N) is 3. The number of para-hydroxylation sites is 1. The van der Waals surface area contributed by atoms with Crippen molar-refractivity contribution in [1.82, 2.24) is 13.9 Å². The lowest BCUT2D eigenvalue weighted by atomic mass is 9.67. The van der Waals surface area contributed by atoms with Crippen LogP contribution < -0.4 is 11.4 Å². The van der Waals surface area contributed by atoms with Gasteiger partial charge >= 0.3 is 11.4 Å². The highest BCUT2D eigenvalue weighted by Gasteiger charge is 3.02. The molecule has 5 aliphatic carbocycles. The molecular formula is C20H17N3O2. The molecule has 0 amide bonds. The van der Waals surface area contributed by atoms with E-state index < -0.39 is 0 Å². The highest BCUT2D eigenvalue weighted by molar-refractivity contribution is 5.51. The Morgan fingerprint density at radius 3 is 1.92 bits per heavy atom. The molecule has 2 spiro atoms. The zero-order valence-electron chi connectivity index (χ0n) is 13.6. The van der Waals surface area contributed by atoms with Gasteiger partial charge in [0.25, 0.3) is 0 Å². The maximum absolute atomic E-state index is 13.3. The van der Waals surface area contributed by atoms with Gasteiger partial charge in [-0.1, -0.05) is 30.4 Å². The Hall–Kier alpha value is -2.30. The second-order valence-electron chi connectivity index (χ2n) is 8.99. The fraction of sp³-hybridized carbons (Fsp3) is 0.500. The van der Waals surface area contributed by atoms with Crippen molar-refractivity contribution in [2.45, 2.75) is 24.9 Å². The lowest BCUT2D eigenvalue weighted by Gasteiger charge is -2.49. The molecule has 124 valence electrons. The van der Waals surface area contributed by atoms with Gasteiger partial charge in [0, 0.05) is 10.8 Å². The minimum Gasteiger partial charge on any atom is -0.245 e. The van der Waals surface area contributed by atoms with E-state index >= 15 is 0 Å². The van der Waals surface area contributed by atoms with Gasteiger partial charge in [-0.15, -0.1) is 0 Å². The summed E-state index contributed by atoms with van der Waals surface area (Å²) in [5.41, 5.74) is 1.02. The summed E-state index contributed by atoms with van der Waals surface area (Å²) in [4.78, 5) is 26.6. The first kappa shape index (κ1) is 12.1. The monoisotopic (exact) mass is 331 g/mol. The van der Waals surface area contributed by atoms with Crippen molar-refractivity contribution >= 4 is 0 Å². The summed E-state index contributed by atoms with van der Waals surface area (Å²) in [5, 5.41) is 0. The third-order valence-electron chi connectivity index (χ3n) is 8.88. The standard InChI is InChI=1S/C20H17N3O2/c24-17-21(10-6-2-1-3-7-10)18(25)23-16-13-11-12(13)15(22(17)23)19-8-4-5-9-20(16,19)14(11)19/h1-7,11-16H,8-9H2/t11?,12-,13+,14?,15+,16-,19+,20-. The van der Waals surface area contributed by atoms with E-state index in [-0.39, 0.29) is 34.3 Å². The first-order valence-corrected chi connectivity index (χ1v) is 9.42. The maximum Gasteiger partial charge on any atom is 0.352 e. The first-order valence-electron chi connectivity index (χ1n) is 9.42. The number of allylic oxidation sites excluding steroid dienone is 2. The van der Waals surface area contributed by atoms with E-state index in [9.17, 15) is 9.59 Å². The van der Waals surface area contributed by atoms with E-state index in [0.29, 0.717) is 17.5 Å². The number of hydrogen-bond acceptors (Lipinski definition) is 2. The van der Waals surface area contributed by atoms with Crippen molar-refractivity contribution in [3.05, 3.63) is 63.5 Å². The predicted molar refractivity (Wildman–Crippen MR) is 89.6 cm³/mol. The van der Waals surface area contributed by atoms with E-state index in [1.807, 2.05) is 39.7 Å². The average molecular weight is 331 g/mol. The molecule has 1 aromatic carbocycles. The fourth-order valence-corrected chi connectivity index (χ4v) is 8.62. The summed E-state index contributed by atoms with van der Waals surface area (Å²) in [6.07, 6.45) is 6.88. The van der Waals surface area contributed by atoms with Crippen molar-refractivity contribution in [3.8, 4) is 5.69 Å². The highest BCUT2D eigenvalue weighted by Crippen LogP contribution is 3.04. The second-order valence-corrected chi connectivity index (χ2v) is 8.99. The summed E-state index contributed by atoms with van der Waals surface area (Å²) in [7, 11) is 0. The summed E-state index contributed by atoms with van der Waals surface area (Å²) >= 11 is 0. The first-order chi connectivity index (χ1) is 12.2. The van der Waals surface area contributed by atoms with Gasteiger partial charge in [-0.05, 0) is 48.6 Å². The summed E-state index contributed by atoms with van der Waals surface area (Å²) in [5.74, 6) is 2.86. The lowest BCUT2D eigenvalue weighted by molar-refractivity contribution is -0.00147. The van der Waals surface area contributed by atoms with Gasteiger partial charge in [0.1, 0.15) is 0 Å². The maximum atomic E-state index is 13.3. The van der Waals surface area contributed by atoms with Gasteiger partial charge in [0.2, 0.25) is 0 Å². The topological polar surface area (TPSA) is 48.9 Å². The molecule has 7 aliphatic rings. The molecule has 2 unspecified atom stereocenters. The van der Waals surface area contributed by atoms with Crippen molar-refractivity contribution in [2.24, 2.45) is 34.5 Å². The van der Waals surface area contributed by atoms with Gasteiger partial charge < -0.3 is 0 Å². The van der Waals surface area contributed by atoms with E-state index in [0.717, 1.165) is 24.7 Å². The molecule has 8 atom stereocenters. The largest absolute Gasteiger partial charge is 0.352 e. The predicted octanol–water partition coefficient (Wildman–Crippen LogP) is 1.74. The number of hydrogen-bond donors (Lipinski definition) is 0. The Balaban J connectivity index is 1.48. The quantitative estimate of drug-likeness (QED) is 0.748. The van der Waals surface area contributed by atoms with Crippen LogP contribution in [0, 0.1) is 34.5 Å². The number of rotatable bonds is 1. The van der Waals surface area contributed by atoms with Crippen molar-refractivity contribution in [3.63, 3.8) is 0 Å². The van der Waals surface area contributed by atoms with Crippen molar-refractivity contribution in [2.75, 3.05) is 0 Å². The van der Waals surface area contributed by atoms with Crippen LogP contribution in [0.3, 0.4) is 0 Å². The van der Waals surface area contributed by atoms with Crippen molar-refractivity contribution < 1.29 is 0 Å². The second kappa shape index (κ2) is 3.11. The van der Waals surface area contributed by atoms with E-state index in [4.69, 9.17) is 0 Å². The molecule has 25 heavy (non-hydrogen) atoms. The minimum atomic E-state index is -0.125. The van der Waals surface area contributed by atoms with Gasteiger partial charge in [-0.25, -0.2) is 23.5 Å². The molecule has 4 fully saturated rings. The third kappa shape index (κ3) is 0.847. The van der Waals surface area contributed by atoms with Crippen LogP contribution in [0.4, 0.5) is 0 Å². The van der Waals surface area contributed by atoms with Crippen LogP contribution in [-0.2, 0) is 0 Å². The van der Waals surface area contributed by atoms with E-state index in [2.05, 4.69) is 12.2 Å². The zero-order valence-corrected chi connectivity index (χ0v) is 13.6. The summed E-state index contributed by atoms with van der Waals surface area (Å²) < 4.78 is 5.19. The van der Waals surface area contributed by atoms with Gasteiger partial charge in [0.15, 0.2) is 0 Å². The van der Waals surface area contributed by atoms with Crippen molar-refractivity contribution in [1.29, 1.82) is 0 Å². The van der Waals surface area contributed by atoms with Crippen LogP contribution in [-0.4, -0.2) is 13.9 Å². The van der Waals surface area contributed by atoms with Crippen LogP contribution in [0.5, 0.6) is 0 Å². The molecular weight excluding hydrogens is 314 g/mol. The molecule has 2 aliphatic heterocycles. The third-order valence-corrected chi connectivity index (χ3v) is 8.88. The van der Waals surface area contributed by atoms with E-state index in [1.54, 1.807) is 0 Å². The molecule has 9 rings (SSSR count). The smallest absolute Gasteiger partial charge is 0.245 e. The van der Waals surface area contributed by atoms with Gasteiger partial charge in [-0.3, -0.25) is 0 Å². The Labute approximate surface area is 143 Å². The molecule has 2 aromatic rings. The zero-order chi connectivity index (χ0) is 16.3. The van der Waals surface area contributed by atoms with Crippen LogP contribution in [0.15, 0.2) is 52.1 Å². The average Bonchev–Trinajstić information content (AvgIpc) is 3.41. The molecule has 0 radical (unpaired) electrons. The Kier molecular flexibility index (Phi) is 1.51. The SMILES string of the molecule is O=c1n(-c2ccccc2)c(=O)n2n1[C@H]1[C@@H]3C4C5[C@@]16CC=CC[C@]56[C@H]2[C@@H]43.